The lowest BCUT2D eigenvalue weighted by atomic mass is 9.87. The highest BCUT2D eigenvalue weighted by Gasteiger charge is 2.47. The SMILES string of the molecule is N#Cc1cccc(N2C(=O)OC[C@@H]2CC(=O)N(c2cc(F)cc(C#N)c2)[C@H](C(=O)NC2CC(F)(F)C2)c2ccccc2Cl)c1. The number of nitrogens with zero attached hydrogens (tertiary/aromatic N) is 4. The number of benzene rings is 3. The highest BCUT2D eigenvalue weighted by atomic mass is 35.5. The van der Waals surface area contributed by atoms with E-state index in [1.165, 1.54) is 35.2 Å². The molecule has 3 aromatic rings. The smallest absolute Gasteiger partial charge is 0.414 e. The Hall–Kier alpha value is -5.07. The number of cyclic esters (lactones) is 1. The summed E-state index contributed by atoms with van der Waals surface area (Å²) in [5.74, 6) is -5.46. The molecular formula is C31H23ClF3N5O4. The number of nitrogens with one attached hydrogen (secondary N) is 1. The van der Waals surface area contributed by atoms with Gasteiger partial charge in [0.05, 0.1) is 35.7 Å². The van der Waals surface area contributed by atoms with Crippen LogP contribution in [0.2, 0.25) is 5.02 Å². The maximum absolute atomic E-state index is 14.8. The van der Waals surface area contributed by atoms with E-state index in [0.29, 0.717) is 5.69 Å². The average Bonchev–Trinajstić information content (AvgIpc) is 3.34. The lowest BCUT2D eigenvalue weighted by molar-refractivity contribution is -0.132. The number of hydrogen-bond donors (Lipinski definition) is 1. The molecule has 3 aromatic carbocycles. The van der Waals surface area contributed by atoms with Crippen molar-refractivity contribution in [2.75, 3.05) is 16.4 Å². The monoisotopic (exact) mass is 621 g/mol. The molecule has 1 N–H and O–H groups in total. The summed E-state index contributed by atoms with van der Waals surface area (Å²) in [6.07, 6.45) is -2.41. The average molecular weight is 622 g/mol. The van der Waals surface area contributed by atoms with Gasteiger partial charge in [-0.15, -0.1) is 0 Å². The standard InChI is InChI=1S/C31H23ClF3N5O4/c32-26-7-2-1-6-25(26)28(29(42)38-21-13-31(34,35)14-21)40(23-10-19(16-37)8-20(33)11-23)27(41)12-24-17-44-30(43)39(24)22-5-3-4-18(9-22)15-36/h1-11,21,24,28H,12-14,17H2,(H,38,42)/t24-,28-/m0/s1. The van der Waals surface area contributed by atoms with Gasteiger partial charge in [0.25, 0.3) is 5.92 Å². The fourth-order valence-electron chi connectivity index (χ4n) is 5.30. The third-order valence-corrected chi connectivity index (χ3v) is 7.67. The number of ether oxygens (including phenoxy) is 1. The van der Waals surface area contributed by atoms with Gasteiger partial charge < -0.3 is 10.1 Å². The fourth-order valence-corrected chi connectivity index (χ4v) is 5.54. The van der Waals surface area contributed by atoms with Crippen molar-refractivity contribution >= 4 is 40.9 Å². The molecule has 2 aliphatic rings. The van der Waals surface area contributed by atoms with Gasteiger partial charge in [-0.3, -0.25) is 19.4 Å². The van der Waals surface area contributed by atoms with E-state index in [-0.39, 0.29) is 34.0 Å². The quantitative estimate of drug-likeness (QED) is 0.348. The summed E-state index contributed by atoms with van der Waals surface area (Å²) >= 11 is 6.48. The van der Waals surface area contributed by atoms with Crippen LogP contribution in [-0.2, 0) is 14.3 Å². The molecule has 0 bridgehead atoms. The molecule has 9 nitrogen and oxygen atoms in total. The van der Waals surface area contributed by atoms with E-state index >= 15 is 0 Å². The van der Waals surface area contributed by atoms with Crippen LogP contribution in [0.25, 0.3) is 0 Å². The van der Waals surface area contributed by atoms with Crippen molar-refractivity contribution in [1.29, 1.82) is 10.5 Å². The molecular weight excluding hydrogens is 599 g/mol. The Bertz CT molecular complexity index is 1710. The molecule has 1 aliphatic heterocycles. The second-order valence-corrected chi connectivity index (χ2v) is 10.8. The second kappa shape index (κ2) is 12.3. The lowest BCUT2D eigenvalue weighted by Crippen LogP contribution is -2.54. The van der Waals surface area contributed by atoms with Crippen molar-refractivity contribution in [1.82, 2.24) is 5.32 Å². The Labute approximate surface area is 255 Å². The molecule has 0 aromatic heterocycles. The Balaban J connectivity index is 1.57. The highest BCUT2D eigenvalue weighted by molar-refractivity contribution is 6.31. The zero-order valence-corrected chi connectivity index (χ0v) is 23.6. The van der Waals surface area contributed by atoms with E-state index in [1.807, 2.05) is 12.1 Å². The first-order valence-corrected chi connectivity index (χ1v) is 13.8. The van der Waals surface area contributed by atoms with Crippen LogP contribution in [-0.4, -0.2) is 42.5 Å². The summed E-state index contributed by atoms with van der Waals surface area (Å²) in [7, 11) is 0. The summed E-state index contributed by atoms with van der Waals surface area (Å²) in [5, 5.41) is 21.4. The van der Waals surface area contributed by atoms with Crippen molar-refractivity contribution in [2.24, 2.45) is 0 Å². The molecule has 1 heterocycles. The number of amides is 3. The molecule has 3 amide bonds. The van der Waals surface area contributed by atoms with Crippen molar-refractivity contribution in [3.05, 3.63) is 94.3 Å². The predicted octanol–water partition coefficient (Wildman–Crippen LogP) is 5.63. The molecule has 5 rings (SSSR count). The normalized spacial score (nSPS) is 17.9. The molecule has 2 atom stereocenters. The molecule has 1 saturated carbocycles. The van der Waals surface area contributed by atoms with Crippen LogP contribution in [0.15, 0.2) is 66.7 Å². The molecule has 13 heteroatoms. The number of anilines is 2. The summed E-state index contributed by atoms with van der Waals surface area (Å²) < 4.78 is 47.2. The minimum absolute atomic E-state index is 0.0654. The number of carbonyl (C=O) groups excluding carboxylic acids is 3. The molecule has 44 heavy (non-hydrogen) atoms. The van der Waals surface area contributed by atoms with Crippen LogP contribution in [0.1, 0.15) is 42.0 Å². The van der Waals surface area contributed by atoms with Crippen LogP contribution in [0.3, 0.4) is 0 Å². The van der Waals surface area contributed by atoms with Crippen molar-refractivity contribution < 1.29 is 32.3 Å². The van der Waals surface area contributed by atoms with Crippen LogP contribution in [0.5, 0.6) is 0 Å². The minimum atomic E-state index is -2.95. The van der Waals surface area contributed by atoms with Gasteiger partial charge in [0.1, 0.15) is 18.5 Å². The van der Waals surface area contributed by atoms with Gasteiger partial charge in [0.15, 0.2) is 0 Å². The van der Waals surface area contributed by atoms with Crippen molar-refractivity contribution in [3.63, 3.8) is 0 Å². The number of nitriles is 2. The molecule has 0 unspecified atom stereocenters. The number of rotatable bonds is 8. The fraction of sp³-hybridized carbons (Fsp3) is 0.258. The number of alkyl halides is 2. The lowest BCUT2D eigenvalue weighted by Gasteiger charge is -2.38. The van der Waals surface area contributed by atoms with E-state index in [4.69, 9.17) is 16.3 Å². The van der Waals surface area contributed by atoms with Gasteiger partial charge in [-0.05, 0) is 42.5 Å². The van der Waals surface area contributed by atoms with E-state index < -0.39 is 67.0 Å². The molecule has 2 fully saturated rings. The molecule has 1 saturated heterocycles. The summed E-state index contributed by atoms with van der Waals surface area (Å²) in [6.45, 7) is -0.220. The third-order valence-electron chi connectivity index (χ3n) is 7.33. The number of hydrogen-bond acceptors (Lipinski definition) is 6. The summed E-state index contributed by atoms with van der Waals surface area (Å²) in [5.41, 5.74) is 0.346. The molecule has 0 radical (unpaired) electrons. The first-order chi connectivity index (χ1) is 21.0. The van der Waals surface area contributed by atoms with Crippen molar-refractivity contribution in [3.8, 4) is 12.1 Å². The van der Waals surface area contributed by atoms with Crippen molar-refractivity contribution in [2.45, 2.75) is 43.3 Å². The predicted molar refractivity (Wildman–Crippen MR) is 152 cm³/mol. The molecule has 224 valence electrons. The Morgan fingerprint density at radius 2 is 1.80 bits per heavy atom. The van der Waals surface area contributed by atoms with Crippen LogP contribution in [0, 0.1) is 28.5 Å². The zero-order valence-electron chi connectivity index (χ0n) is 22.8. The molecule has 1 aliphatic carbocycles. The first kappa shape index (κ1) is 30.4. The van der Waals surface area contributed by atoms with Gasteiger partial charge in [-0.1, -0.05) is 35.9 Å². The van der Waals surface area contributed by atoms with E-state index in [0.717, 1.165) is 17.0 Å². The summed E-state index contributed by atoms with van der Waals surface area (Å²) in [6, 6.07) is 15.7. The van der Waals surface area contributed by atoms with Gasteiger partial charge >= 0.3 is 6.09 Å². The van der Waals surface area contributed by atoms with Crippen LogP contribution >= 0.6 is 11.6 Å². The Kier molecular flexibility index (Phi) is 8.47. The van der Waals surface area contributed by atoms with E-state index in [9.17, 15) is 38.1 Å². The van der Waals surface area contributed by atoms with Gasteiger partial charge in [-0.2, -0.15) is 10.5 Å². The first-order valence-electron chi connectivity index (χ1n) is 13.4. The second-order valence-electron chi connectivity index (χ2n) is 10.4. The van der Waals surface area contributed by atoms with E-state index in [1.54, 1.807) is 24.3 Å². The zero-order chi connectivity index (χ0) is 31.6. The third kappa shape index (κ3) is 6.31. The molecule has 0 spiro atoms. The highest BCUT2D eigenvalue weighted by Crippen LogP contribution is 2.39. The van der Waals surface area contributed by atoms with Gasteiger partial charge in [0.2, 0.25) is 11.8 Å². The van der Waals surface area contributed by atoms with Crippen LogP contribution < -0.4 is 15.1 Å². The van der Waals surface area contributed by atoms with Gasteiger partial charge in [-0.25, -0.2) is 18.0 Å². The Morgan fingerprint density at radius 3 is 2.48 bits per heavy atom. The topological polar surface area (TPSA) is 127 Å². The van der Waals surface area contributed by atoms with Gasteiger partial charge in [0, 0.05) is 40.8 Å². The summed E-state index contributed by atoms with van der Waals surface area (Å²) in [4.78, 5) is 42.9. The maximum atomic E-state index is 14.8. The van der Waals surface area contributed by atoms with Crippen LogP contribution in [0.4, 0.5) is 29.3 Å². The maximum Gasteiger partial charge on any atom is 0.414 e. The minimum Gasteiger partial charge on any atom is -0.447 e. The number of halogens is 4. The van der Waals surface area contributed by atoms with E-state index in [2.05, 4.69) is 5.32 Å². The number of carbonyl (C=O) groups is 3. The Morgan fingerprint density at radius 1 is 1.07 bits per heavy atom. The largest absolute Gasteiger partial charge is 0.447 e.